The molecule has 0 spiro atoms. The topological polar surface area (TPSA) is 40.5 Å². The number of hydrogen-bond donors (Lipinski definition) is 1. The van der Waals surface area contributed by atoms with Gasteiger partial charge in [-0.3, -0.25) is 4.79 Å². The molecule has 0 aliphatic heterocycles. The summed E-state index contributed by atoms with van der Waals surface area (Å²) in [6.45, 7) is 6.55. The molecule has 1 rings (SSSR count). The summed E-state index contributed by atoms with van der Waals surface area (Å²) in [5, 5.41) is 9.00. The zero-order chi connectivity index (χ0) is 13.7. The van der Waals surface area contributed by atoms with Crippen LogP contribution in [-0.4, -0.2) is 24.7 Å². The summed E-state index contributed by atoms with van der Waals surface area (Å²) in [5.41, 5.74) is 3.78. The molecule has 0 aliphatic rings. The minimum atomic E-state index is -0.742. The zero-order valence-corrected chi connectivity index (χ0v) is 11.7. The van der Waals surface area contributed by atoms with E-state index in [0.717, 1.165) is 12.8 Å². The number of nitrogens with zero attached hydrogens (tertiary/aromatic N) is 1. The molecule has 1 N–H and O–H groups in total. The Morgan fingerprint density at radius 1 is 1.28 bits per heavy atom. The van der Waals surface area contributed by atoms with Crippen molar-refractivity contribution in [3.8, 4) is 0 Å². The highest BCUT2D eigenvalue weighted by Gasteiger charge is 2.17. The van der Waals surface area contributed by atoms with Crippen LogP contribution in [0.25, 0.3) is 0 Å². The van der Waals surface area contributed by atoms with E-state index in [9.17, 15) is 4.79 Å². The lowest BCUT2D eigenvalue weighted by atomic mass is 10.0. The van der Waals surface area contributed by atoms with Gasteiger partial charge in [0.1, 0.15) is 0 Å². The van der Waals surface area contributed by atoms with Gasteiger partial charge < -0.3 is 10.0 Å². The molecule has 0 radical (unpaired) electrons. The smallest absolute Gasteiger partial charge is 0.308 e. The third kappa shape index (κ3) is 3.25. The molecule has 3 nitrogen and oxygen atoms in total. The summed E-state index contributed by atoms with van der Waals surface area (Å²) in [4.78, 5) is 13.0. The standard InChI is InChI=1S/C15H23NO2/c1-5-12-8-7-9-13(6-2)14(12)16(4)10-11(3)15(17)18/h7-9,11H,5-6,10H2,1-4H3,(H,17,18). The predicted molar refractivity (Wildman–Crippen MR) is 75.3 cm³/mol. The first kappa shape index (κ1) is 14.6. The van der Waals surface area contributed by atoms with E-state index in [1.165, 1.54) is 16.8 Å². The molecule has 3 heteroatoms. The van der Waals surface area contributed by atoms with Crippen molar-refractivity contribution in [3.63, 3.8) is 0 Å². The van der Waals surface area contributed by atoms with Crippen molar-refractivity contribution < 1.29 is 9.90 Å². The SMILES string of the molecule is CCc1cccc(CC)c1N(C)CC(C)C(=O)O. The van der Waals surface area contributed by atoms with Crippen molar-refractivity contribution in [1.82, 2.24) is 0 Å². The van der Waals surface area contributed by atoms with Gasteiger partial charge in [0.25, 0.3) is 0 Å². The molecular weight excluding hydrogens is 226 g/mol. The van der Waals surface area contributed by atoms with Gasteiger partial charge in [0, 0.05) is 19.3 Å². The molecular formula is C15H23NO2. The molecule has 0 heterocycles. The Morgan fingerprint density at radius 3 is 2.17 bits per heavy atom. The summed E-state index contributed by atoms with van der Waals surface area (Å²) in [7, 11) is 1.98. The highest BCUT2D eigenvalue weighted by Crippen LogP contribution is 2.26. The van der Waals surface area contributed by atoms with Crippen molar-refractivity contribution in [2.24, 2.45) is 5.92 Å². The van der Waals surface area contributed by atoms with Crippen LogP contribution in [0.3, 0.4) is 0 Å². The molecule has 0 fully saturated rings. The van der Waals surface area contributed by atoms with Gasteiger partial charge in [-0.1, -0.05) is 39.0 Å². The number of aryl methyl sites for hydroxylation is 2. The second-order valence-corrected chi connectivity index (χ2v) is 4.75. The molecule has 0 amide bonds. The Balaban J connectivity index is 3.02. The van der Waals surface area contributed by atoms with E-state index in [4.69, 9.17) is 5.11 Å². The second kappa shape index (κ2) is 6.43. The van der Waals surface area contributed by atoms with Crippen LogP contribution in [-0.2, 0) is 17.6 Å². The minimum Gasteiger partial charge on any atom is -0.481 e. The number of carbonyl (C=O) groups is 1. The number of carboxylic acids is 1. The fourth-order valence-electron chi connectivity index (χ4n) is 2.29. The van der Waals surface area contributed by atoms with Crippen LogP contribution in [0, 0.1) is 5.92 Å². The molecule has 18 heavy (non-hydrogen) atoms. The quantitative estimate of drug-likeness (QED) is 0.842. The number of hydrogen-bond acceptors (Lipinski definition) is 2. The van der Waals surface area contributed by atoms with Crippen molar-refractivity contribution in [2.75, 3.05) is 18.5 Å². The maximum atomic E-state index is 10.9. The summed E-state index contributed by atoms with van der Waals surface area (Å²) >= 11 is 0. The van der Waals surface area contributed by atoms with Crippen LogP contribution in [0.15, 0.2) is 18.2 Å². The molecule has 0 aromatic heterocycles. The van der Waals surface area contributed by atoms with E-state index < -0.39 is 5.97 Å². The van der Waals surface area contributed by atoms with E-state index in [1.807, 2.05) is 7.05 Å². The van der Waals surface area contributed by atoms with Gasteiger partial charge in [-0.25, -0.2) is 0 Å². The first-order valence-corrected chi connectivity index (χ1v) is 6.55. The first-order chi connectivity index (χ1) is 8.51. The van der Waals surface area contributed by atoms with Crippen LogP contribution in [0.2, 0.25) is 0 Å². The summed E-state index contributed by atoms with van der Waals surface area (Å²) in [6.07, 6.45) is 1.93. The van der Waals surface area contributed by atoms with Crippen LogP contribution in [0.1, 0.15) is 31.9 Å². The Bertz CT molecular complexity index is 393. The van der Waals surface area contributed by atoms with E-state index in [0.29, 0.717) is 6.54 Å². The van der Waals surface area contributed by atoms with Gasteiger partial charge in [0.2, 0.25) is 0 Å². The second-order valence-electron chi connectivity index (χ2n) is 4.75. The Hall–Kier alpha value is -1.51. The number of para-hydroxylation sites is 1. The summed E-state index contributed by atoms with van der Waals surface area (Å²) in [5.74, 6) is -1.10. The molecule has 0 saturated heterocycles. The fourth-order valence-corrected chi connectivity index (χ4v) is 2.29. The summed E-state index contributed by atoms with van der Waals surface area (Å²) in [6, 6.07) is 6.32. The third-order valence-corrected chi connectivity index (χ3v) is 3.32. The van der Waals surface area contributed by atoms with E-state index >= 15 is 0 Å². The van der Waals surface area contributed by atoms with Gasteiger partial charge in [-0.15, -0.1) is 0 Å². The molecule has 0 aliphatic carbocycles. The molecule has 1 atom stereocenters. The third-order valence-electron chi connectivity index (χ3n) is 3.32. The van der Waals surface area contributed by atoms with Crippen LogP contribution in [0.5, 0.6) is 0 Å². The van der Waals surface area contributed by atoms with Gasteiger partial charge in [0.15, 0.2) is 0 Å². The average molecular weight is 249 g/mol. The van der Waals surface area contributed by atoms with E-state index in [-0.39, 0.29) is 5.92 Å². The van der Waals surface area contributed by atoms with Crippen molar-refractivity contribution in [2.45, 2.75) is 33.6 Å². The fraction of sp³-hybridized carbons (Fsp3) is 0.533. The van der Waals surface area contributed by atoms with Crippen LogP contribution < -0.4 is 4.90 Å². The molecule has 1 unspecified atom stereocenters. The molecule has 0 saturated carbocycles. The van der Waals surface area contributed by atoms with Gasteiger partial charge in [0.05, 0.1) is 5.92 Å². The maximum absolute atomic E-state index is 10.9. The Kier molecular flexibility index (Phi) is 5.20. The Labute approximate surface area is 109 Å². The van der Waals surface area contributed by atoms with Gasteiger partial charge >= 0.3 is 5.97 Å². The van der Waals surface area contributed by atoms with Gasteiger partial charge in [-0.2, -0.15) is 0 Å². The molecule has 100 valence electrons. The molecule has 1 aromatic carbocycles. The summed E-state index contributed by atoms with van der Waals surface area (Å²) < 4.78 is 0. The Morgan fingerprint density at radius 2 is 1.78 bits per heavy atom. The normalized spacial score (nSPS) is 12.2. The lowest BCUT2D eigenvalue weighted by Gasteiger charge is -2.26. The highest BCUT2D eigenvalue weighted by atomic mass is 16.4. The van der Waals surface area contributed by atoms with Crippen molar-refractivity contribution in [3.05, 3.63) is 29.3 Å². The zero-order valence-electron chi connectivity index (χ0n) is 11.7. The number of rotatable bonds is 6. The highest BCUT2D eigenvalue weighted by molar-refractivity contribution is 5.71. The van der Waals surface area contributed by atoms with E-state index in [1.54, 1.807) is 6.92 Å². The lowest BCUT2D eigenvalue weighted by molar-refractivity contribution is -0.140. The van der Waals surface area contributed by atoms with Crippen LogP contribution in [0.4, 0.5) is 5.69 Å². The van der Waals surface area contributed by atoms with Gasteiger partial charge in [-0.05, 0) is 24.0 Å². The largest absolute Gasteiger partial charge is 0.481 e. The van der Waals surface area contributed by atoms with E-state index in [2.05, 4.69) is 36.9 Å². The molecule has 0 bridgehead atoms. The average Bonchev–Trinajstić information content (AvgIpc) is 2.37. The minimum absolute atomic E-state index is 0.357. The number of benzene rings is 1. The van der Waals surface area contributed by atoms with Crippen molar-refractivity contribution >= 4 is 11.7 Å². The number of aliphatic carboxylic acids is 1. The van der Waals surface area contributed by atoms with Crippen molar-refractivity contribution in [1.29, 1.82) is 0 Å². The van der Waals surface area contributed by atoms with Crippen LogP contribution >= 0.6 is 0 Å². The maximum Gasteiger partial charge on any atom is 0.308 e. The lowest BCUT2D eigenvalue weighted by Crippen LogP contribution is -2.29. The number of carboxylic acid groups (broad SMARTS) is 1. The first-order valence-electron chi connectivity index (χ1n) is 6.55. The predicted octanol–water partition coefficient (Wildman–Crippen LogP) is 2.97. The number of anilines is 1. The monoisotopic (exact) mass is 249 g/mol. The molecule has 1 aromatic rings.